The Morgan fingerprint density at radius 2 is 2.00 bits per heavy atom. The first kappa shape index (κ1) is 15.4. The third-order valence-corrected chi connectivity index (χ3v) is 2.37. The van der Waals surface area contributed by atoms with Gasteiger partial charge in [0.2, 0.25) is 0 Å². The van der Waals surface area contributed by atoms with Crippen LogP contribution in [0.5, 0.6) is 11.5 Å². The van der Waals surface area contributed by atoms with Crippen molar-refractivity contribution < 1.29 is 9.47 Å². The van der Waals surface area contributed by atoms with Gasteiger partial charge in [-0.05, 0) is 18.1 Å². The Morgan fingerprint density at radius 1 is 1.31 bits per heavy atom. The van der Waals surface area contributed by atoms with Crippen LogP contribution in [0.1, 0.15) is 18.9 Å². The highest BCUT2D eigenvalue weighted by atomic mass is 35.5. The van der Waals surface area contributed by atoms with Gasteiger partial charge in [0.1, 0.15) is 0 Å². The lowest BCUT2D eigenvalue weighted by Gasteiger charge is -2.12. The largest absolute Gasteiger partial charge is 0.493 e. The van der Waals surface area contributed by atoms with E-state index in [1.807, 2.05) is 13.0 Å². The fraction of sp³-hybridized carbons (Fsp3) is 0.455. The topological polar surface area (TPSA) is 44.5 Å². The third-order valence-electron chi connectivity index (χ3n) is 2.01. The van der Waals surface area contributed by atoms with Crippen molar-refractivity contribution >= 4 is 24.0 Å². The van der Waals surface area contributed by atoms with E-state index in [4.69, 9.17) is 26.8 Å². The summed E-state index contributed by atoms with van der Waals surface area (Å²) in [6, 6.07) is 3.56. The zero-order valence-corrected chi connectivity index (χ0v) is 11.0. The van der Waals surface area contributed by atoms with Crippen molar-refractivity contribution in [2.45, 2.75) is 19.9 Å². The Bertz CT molecular complexity index is 332. The number of hydrogen-bond donors (Lipinski definition) is 1. The lowest BCUT2D eigenvalue weighted by atomic mass is 10.2. The van der Waals surface area contributed by atoms with Crippen molar-refractivity contribution in [3.63, 3.8) is 0 Å². The van der Waals surface area contributed by atoms with Crippen molar-refractivity contribution in [2.24, 2.45) is 5.73 Å². The van der Waals surface area contributed by atoms with Crippen LogP contribution in [-0.2, 0) is 6.54 Å². The fourth-order valence-electron chi connectivity index (χ4n) is 1.22. The van der Waals surface area contributed by atoms with Gasteiger partial charge in [-0.1, -0.05) is 18.5 Å². The molecule has 0 heterocycles. The van der Waals surface area contributed by atoms with E-state index in [-0.39, 0.29) is 12.4 Å². The third kappa shape index (κ3) is 3.74. The van der Waals surface area contributed by atoms with Crippen molar-refractivity contribution in [3.05, 3.63) is 22.7 Å². The molecule has 92 valence electrons. The van der Waals surface area contributed by atoms with Gasteiger partial charge in [0.25, 0.3) is 0 Å². The monoisotopic (exact) mass is 265 g/mol. The summed E-state index contributed by atoms with van der Waals surface area (Å²) >= 11 is 6.02. The molecular formula is C11H17Cl2NO2. The molecule has 0 aliphatic carbocycles. The van der Waals surface area contributed by atoms with Gasteiger partial charge in [-0.15, -0.1) is 12.4 Å². The fourth-order valence-corrected chi connectivity index (χ4v) is 1.45. The summed E-state index contributed by atoms with van der Waals surface area (Å²) in [5.41, 5.74) is 6.40. The van der Waals surface area contributed by atoms with Crippen molar-refractivity contribution in [3.8, 4) is 11.5 Å². The summed E-state index contributed by atoms with van der Waals surface area (Å²) in [6.07, 6.45) is 0.944. The zero-order chi connectivity index (χ0) is 11.3. The van der Waals surface area contributed by atoms with E-state index >= 15 is 0 Å². The smallest absolute Gasteiger partial charge is 0.162 e. The van der Waals surface area contributed by atoms with Gasteiger partial charge in [-0.2, -0.15) is 0 Å². The van der Waals surface area contributed by atoms with Crippen LogP contribution in [0.2, 0.25) is 5.02 Å². The normalized spacial score (nSPS) is 9.50. The van der Waals surface area contributed by atoms with Crippen LogP contribution in [0, 0.1) is 0 Å². The number of methoxy groups -OCH3 is 1. The predicted octanol–water partition coefficient (Wildman–Crippen LogP) is 3.02. The van der Waals surface area contributed by atoms with Gasteiger partial charge in [0.15, 0.2) is 11.5 Å². The van der Waals surface area contributed by atoms with E-state index in [1.54, 1.807) is 13.2 Å². The number of benzene rings is 1. The van der Waals surface area contributed by atoms with Crippen molar-refractivity contribution in [2.75, 3.05) is 13.7 Å². The molecule has 0 aliphatic heterocycles. The van der Waals surface area contributed by atoms with Crippen LogP contribution in [0.3, 0.4) is 0 Å². The highest BCUT2D eigenvalue weighted by molar-refractivity contribution is 6.31. The van der Waals surface area contributed by atoms with Crippen LogP contribution in [0.25, 0.3) is 0 Å². The van der Waals surface area contributed by atoms with Crippen LogP contribution >= 0.6 is 24.0 Å². The zero-order valence-electron chi connectivity index (χ0n) is 9.46. The van der Waals surface area contributed by atoms with E-state index in [9.17, 15) is 0 Å². The number of ether oxygens (including phenoxy) is 2. The van der Waals surface area contributed by atoms with E-state index < -0.39 is 0 Å². The molecular weight excluding hydrogens is 249 g/mol. The molecule has 0 aliphatic rings. The highest BCUT2D eigenvalue weighted by Gasteiger charge is 2.09. The molecule has 0 amide bonds. The van der Waals surface area contributed by atoms with Crippen molar-refractivity contribution in [1.82, 2.24) is 0 Å². The van der Waals surface area contributed by atoms with E-state index in [2.05, 4.69) is 0 Å². The van der Waals surface area contributed by atoms with Gasteiger partial charge in [-0.25, -0.2) is 0 Å². The van der Waals surface area contributed by atoms with Crippen LogP contribution < -0.4 is 15.2 Å². The molecule has 2 N–H and O–H groups in total. The summed E-state index contributed by atoms with van der Waals surface area (Å²) in [5.74, 6) is 1.34. The molecule has 0 saturated carbocycles. The number of rotatable bonds is 5. The van der Waals surface area contributed by atoms with E-state index in [1.165, 1.54) is 0 Å². The van der Waals surface area contributed by atoms with Gasteiger partial charge in [0.05, 0.1) is 13.7 Å². The maximum Gasteiger partial charge on any atom is 0.162 e. The maximum absolute atomic E-state index is 6.02. The maximum atomic E-state index is 6.02. The number of nitrogens with two attached hydrogens (primary N) is 1. The average Bonchev–Trinajstić information content (AvgIpc) is 2.26. The highest BCUT2D eigenvalue weighted by Crippen LogP contribution is 2.33. The summed E-state index contributed by atoms with van der Waals surface area (Å²) in [4.78, 5) is 0. The minimum Gasteiger partial charge on any atom is -0.493 e. The number of hydrogen-bond acceptors (Lipinski definition) is 3. The first-order valence-electron chi connectivity index (χ1n) is 4.92. The number of halogens is 2. The Kier molecular flexibility index (Phi) is 7.30. The second-order valence-corrected chi connectivity index (χ2v) is 3.55. The van der Waals surface area contributed by atoms with Gasteiger partial charge in [0, 0.05) is 17.6 Å². The Hall–Kier alpha value is -0.640. The Balaban J connectivity index is 0.00000225. The Labute approximate surface area is 107 Å². The van der Waals surface area contributed by atoms with E-state index in [0.717, 1.165) is 12.0 Å². The molecule has 16 heavy (non-hydrogen) atoms. The molecule has 0 radical (unpaired) electrons. The van der Waals surface area contributed by atoms with Crippen LogP contribution in [-0.4, -0.2) is 13.7 Å². The second-order valence-electron chi connectivity index (χ2n) is 3.15. The predicted molar refractivity (Wildman–Crippen MR) is 68.9 cm³/mol. The SMILES string of the molecule is CCCOc1cc(Cl)c(CN)cc1OC.Cl. The van der Waals surface area contributed by atoms with Gasteiger partial charge >= 0.3 is 0 Å². The molecule has 0 spiro atoms. The molecule has 1 rings (SSSR count). The average molecular weight is 266 g/mol. The Morgan fingerprint density at radius 3 is 2.50 bits per heavy atom. The molecule has 0 atom stereocenters. The molecule has 1 aromatic rings. The molecule has 0 unspecified atom stereocenters. The molecule has 0 fully saturated rings. The first-order chi connectivity index (χ1) is 7.22. The standard InChI is InChI=1S/C11H16ClNO2.ClH/c1-3-4-15-11-6-9(12)8(7-13)5-10(11)14-2;/h5-6H,3-4,7,13H2,1-2H3;1H. The first-order valence-corrected chi connectivity index (χ1v) is 5.30. The van der Waals surface area contributed by atoms with Crippen molar-refractivity contribution in [1.29, 1.82) is 0 Å². The quantitative estimate of drug-likeness (QED) is 0.890. The molecule has 1 aromatic carbocycles. The van der Waals surface area contributed by atoms with Gasteiger partial charge < -0.3 is 15.2 Å². The summed E-state index contributed by atoms with van der Waals surface area (Å²) < 4.78 is 10.7. The van der Waals surface area contributed by atoms with E-state index in [0.29, 0.717) is 29.7 Å². The summed E-state index contributed by atoms with van der Waals surface area (Å²) in [5, 5.41) is 0.615. The molecule has 3 nitrogen and oxygen atoms in total. The minimum absolute atomic E-state index is 0. The molecule has 0 bridgehead atoms. The molecule has 0 aromatic heterocycles. The molecule has 5 heteroatoms. The lowest BCUT2D eigenvalue weighted by Crippen LogP contribution is -2.01. The second kappa shape index (κ2) is 7.60. The van der Waals surface area contributed by atoms with Gasteiger partial charge in [-0.3, -0.25) is 0 Å². The summed E-state index contributed by atoms with van der Waals surface area (Å²) in [7, 11) is 1.60. The van der Waals surface area contributed by atoms with Crippen LogP contribution in [0.15, 0.2) is 12.1 Å². The minimum atomic E-state index is 0. The summed E-state index contributed by atoms with van der Waals surface area (Å²) in [6.45, 7) is 3.08. The lowest BCUT2D eigenvalue weighted by molar-refractivity contribution is 0.294. The molecule has 0 saturated heterocycles. The van der Waals surface area contributed by atoms with Crippen LogP contribution in [0.4, 0.5) is 0 Å².